The fraction of sp³-hybridized carbons (Fsp3) is 0.400. The average Bonchev–Trinajstić information content (AvgIpc) is 2.44. The molecule has 0 saturated carbocycles. The van der Waals surface area contributed by atoms with E-state index in [0.717, 1.165) is 5.75 Å². The van der Waals surface area contributed by atoms with Gasteiger partial charge < -0.3 is 10.5 Å². The van der Waals surface area contributed by atoms with Crippen LogP contribution in [0.5, 0.6) is 5.75 Å². The van der Waals surface area contributed by atoms with Gasteiger partial charge in [0.15, 0.2) is 0 Å². The van der Waals surface area contributed by atoms with Crippen molar-refractivity contribution in [3.63, 3.8) is 0 Å². The summed E-state index contributed by atoms with van der Waals surface area (Å²) in [6.45, 7) is 2.75. The van der Waals surface area contributed by atoms with E-state index in [1.54, 1.807) is 0 Å². The highest BCUT2D eigenvalue weighted by Gasteiger charge is 2.28. The van der Waals surface area contributed by atoms with Crippen LogP contribution in [0.2, 0.25) is 0 Å². The monoisotopic (exact) mass is 163 g/mol. The fourth-order valence-corrected chi connectivity index (χ4v) is 1.68. The van der Waals surface area contributed by atoms with E-state index >= 15 is 0 Å². The minimum atomic E-state index is 0.169. The molecule has 0 bridgehead atoms. The van der Waals surface area contributed by atoms with Gasteiger partial charge in [-0.25, -0.2) is 0 Å². The molecule has 0 spiro atoms. The first-order valence-electron chi connectivity index (χ1n) is 4.28. The second-order valence-corrected chi connectivity index (χ2v) is 3.22. The molecule has 2 rings (SSSR count). The molecule has 0 aliphatic carbocycles. The molecule has 2 N–H and O–H groups in total. The Morgan fingerprint density at radius 3 is 2.83 bits per heavy atom. The molecule has 2 nitrogen and oxygen atoms in total. The summed E-state index contributed by atoms with van der Waals surface area (Å²) in [6, 6.07) is 8.14. The first kappa shape index (κ1) is 7.62. The lowest BCUT2D eigenvalue weighted by Gasteiger charge is -2.11. The van der Waals surface area contributed by atoms with Gasteiger partial charge in [0.2, 0.25) is 0 Å². The number of fused-ring (bicyclic) bond motifs is 1. The first-order chi connectivity index (χ1) is 5.83. The normalized spacial score (nSPS) is 26.5. The van der Waals surface area contributed by atoms with Crippen LogP contribution in [-0.4, -0.2) is 12.6 Å². The van der Waals surface area contributed by atoms with E-state index in [9.17, 15) is 0 Å². The Balaban J connectivity index is 2.35. The lowest BCUT2D eigenvalue weighted by Crippen LogP contribution is -2.26. The molecule has 1 heterocycles. The van der Waals surface area contributed by atoms with Crippen LogP contribution in [0.3, 0.4) is 0 Å². The second kappa shape index (κ2) is 2.79. The summed E-state index contributed by atoms with van der Waals surface area (Å²) in [5, 5.41) is 0. The molecule has 64 valence electrons. The topological polar surface area (TPSA) is 35.2 Å². The van der Waals surface area contributed by atoms with Gasteiger partial charge in [-0.3, -0.25) is 0 Å². The Morgan fingerprint density at radius 2 is 2.17 bits per heavy atom. The maximum Gasteiger partial charge on any atom is 0.123 e. The van der Waals surface area contributed by atoms with Crippen LogP contribution >= 0.6 is 0 Å². The van der Waals surface area contributed by atoms with Crippen LogP contribution in [-0.2, 0) is 0 Å². The molecule has 0 aromatic heterocycles. The molecule has 2 atom stereocenters. The molecule has 12 heavy (non-hydrogen) atoms. The zero-order valence-corrected chi connectivity index (χ0v) is 7.16. The van der Waals surface area contributed by atoms with Gasteiger partial charge >= 0.3 is 0 Å². The fourth-order valence-electron chi connectivity index (χ4n) is 1.68. The Morgan fingerprint density at radius 1 is 1.42 bits per heavy atom. The number of ether oxygens (including phenoxy) is 1. The molecule has 1 aromatic carbocycles. The number of nitrogens with two attached hydrogens (primary N) is 1. The van der Waals surface area contributed by atoms with Crippen molar-refractivity contribution in [2.75, 3.05) is 6.54 Å². The predicted octanol–water partition coefficient (Wildman–Crippen LogP) is 1.51. The quantitative estimate of drug-likeness (QED) is 0.681. The van der Waals surface area contributed by atoms with Crippen molar-refractivity contribution in [1.82, 2.24) is 0 Å². The summed E-state index contributed by atoms with van der Waals surface area (Å²) < 4.78 is 5.64. The zero-order chi connectivity index (χ0) is 8.55. The highest BCUT2D eigenvalue weighted by molar-refractivity contribution is 5.40. The number of para-hydroxylation sites is 1. The van der Waals surface area contributed by atoms with Crippen LogP contribution in [0.1, 0.15) is 18.4 Å². The van der Waals surface area contributed by atoms with Crippen molar-refractivity contribution in [1.29, 1.82) is 0 Å². The summed E-state index contributed by atoms with van der Waals surface area (Å²) in [4.78, 5) is 0. The number of hydrogen-bond acceptors (Lipinski definition) is 2. The summed E-state index contributed by atoms with van der Waals surface area (Å²) in [7, 11) is 0. The smallest absolute Gasteiger partial charge is 0.123 e. The van der Waals surface area contributed by atoms with Crippen LogP contribution in [0, 0.1) is 0 Å². The van der Waals surface area contributed by atoms with Crippen molar-refractivity contribution in [3.05, 3.63) is 29.8 Å². The van der Waals surface area contributed by atoms with Gasteiger partial charge in [-0.15, -0.1) is 0 Å². The van der Waals surface area contributed by atoms with Crippen LogP contribution < -0.4 is 10.5 Å². The minimum absolute atomic E-state index is 0.169. The summed E-state index contributed by atoms with van der Waals surface area (Å²) in [6.07, 6.45) is 0.169. The van der Waals surface area contributed by atoms with E-state index in [1.807, 2.05) is 18.2 Å². The standard InChI is InChI=1S/C10H13NO/c1-7-8-4-2-3-5-9(8)12-10(7)6-11/h2-5,7,10H,6,11H2,1H3/t7-,10-/m1/s1. The van der Waals surface area contributed by atoms with Gasteiger partial charge in [0.25, 0.3) is 0 Å². The SMILES string of the molecule is C[C@@H]1c2ccccc2O[C@@H]1CN. The van der Waals surface area contributed by atoms with Crippen LogP contribution in [0.4, 0.5) is 0 Å². The average molecular weight is 163 g/mol. The van der Waals surface area contributed by atoms with E-state index in [-0.39, 0.29) is 6.10 Å². The minimum Gasteiger partial charge on any atom is -0.488 e. The van der Waals surface area contributed by atoms with E-state index in [0.29, 0.717) is 12.5 Å². The Bertz CT molecular complexity index is 285. The summed E-state index contributed by atoms with van der Waals surface area (Å²) in [5.41, 5.74) is 6.86. The largest absolute Gasteiger partial charge is 0.488 e. The van der Waals surface area contributed by atoms with Crippen molar-refractivity contribution in [3.8, 4) is 5.75 Å². The Hall–Kier alpha value is -1.02. The maximum absolute atomic E-state index is 5.64. The number of rotatable bonds is 1. The molecular weight excluding hydrogens is 150 g/mol. The van der Waals surface area contributed by atoms with Crippen molar-refractivity contribution in [2.24, 2.45) is 5.73 Å². The molecule has 1 aromatic rings. The van der Waals surface area contributed by atoms with Crippen molar-refractivity contribution < 1.29 is 4.74 Å². The third kappa shape index (κ3) is 0.994. The zero-order valence-electron chi connectivity index (χ0n) is 7.16. The first-order valence-corrected chi connectivity index (χ1v) is 4.28. The summed E-state index contributed by atoms with van der Waals surface area (Å²) >= 11 is 0. The van der Waals surface area contributed by atoms with Gasteiger partial charge in [-0.05, 0) is 6.07 Å². The molecule has 0 unspecified atom stereocenters. The maximum atomic E-state index is 5.64. The van der Waals surface area contributed by atoms with E-state index in [4.69, 9.17) is 10.5 Å². The van der Waals surface area contributed by atoms with Gasteiger partial charge in [-0.2, -0.15) is 0 Å². The van der Waals surface area contributed by atoms with E-state index < -0.39 is 0 Å². The van der Waals surface area contributed by atoms with Crippen LogP contribution in [0.25, 0.3) is 0 Å². The highest BCUT2D eigenvalue weighted by atomic mass is 16.5. The number of benzene rings is 1. The molecular formula is C10H13NO. The number of hydrogen-bond donors (Lipinski definition) is 1. The van der Waals surface area contributed by atoms with Gasteiger partial charge in [-0.1, -0.05) is 25.1 Å². The van der Waals surface area contributed by atoms with Gasteiger partial charge in [0.1, 0.15) is 11.9 Å². The second-order valence-electron chi connectivity index (χ2n) is 3.22. The third-order valence-electron chi connectivity index (χ3n) is 2.48. The molecule has 0 radical (unpaired) electrons. The summed E-state index contributed by atoms with van der Waals surface area (Å²) in [5.74, 6) is 1.44. The van der Waals surface area contributed by atoms with Crippen molar-refractivity contribution >= 4 is 0 Å². The van der Waals surface area contributed by atoms with E-state index in [1.165, 1.54) is 5.56 Å². The van der Waals surface area contributed by atoms with Crippen LogP contribution in [0.15, 0.2) is 24.3 Å². The molecule has 0 saturated heterocycles. The highest BCUT2D eigenvalue weighted by Crippen LogP contribution is 2.36. The molecule has 0 fully saturated rings. The molecule has 1 aliphatic heterocycles. The Kier molecular flexibility index (Phi) is 1.77. The van der Waals surface area contributed by atoms with Gasteiger partial charge in [0, 0.05) is 18.0 Å². The molecule has 1 aliphatic rings. The Labute approximate surface area is 72.3 Å². The van der Waals surface area contributed by atoms with E-state index in [2.05, 4.69) is 13.0 Å². The lowest BCUT2D eigenvalue weighted by atomic mass is 9.98. The molecule has 0 amide bonds. The third-order valence-corrected chi connectivity index (χ3v) is 2.48. The predicted molar refractivity (Wildman–Crippen MR) is 48.3 cm³/mol. The van der Waals surface area contributed by atoms with Crippen molar-refractivity contribution in [2.45, 2.75) is 18.9 Å². The molecule has 2 heteroatoms. The van der Waals surface area contributed by atoms with Gasteiger partial charge in [0.05, 0.1) is 0 Å². The lowest BCUT2D eigenvalue weighted by molar-refractivity contribution is 0.219.